The summed E-state index contributed by atoms with van der Waals surface area (Å²) in [7, 11) is 0. The summed E-state index contributed by atoms with van der Waals surface area (Å²) < 4.78 is 37.1. The van der Waals surface area contributed by atoms with Crippen LogP contribution in [0.25, 0.3) is 11.4 Å². The molecule has 3 rings (SSSR count). The fourth-order valence-electron chi connectivity index (χ4n) is 2.38. The SMILES string of the molecule is CC(=O)N[C@@H](Cc1cnc[nH]1)c1nc(-c2cc(Cl)ccc2C)no1.O=C(O)C(F)(F)F. The van der Waals surface area contributed by atoms with Gasteiger partial charge in [-0.1, -0.05) is 22.8 Å². The molecule has 0 saturated heterocycles. The highest BCUT2D eigenvalue weighted by molar-refractivity contribution is 6.30. The quantitative estimate of drug-likeness (QED) is 0.531. The molecule has 166 valence electrons. The van der Waals surface area contributed by atoms with E-state index < -0.39 is 18.2 Å². The van der Waals surface area contributed by atoms with E-state index in [1.807, 2.05) is 13.0 Å². The van der Waals surface area contributed by atoms with Gasteiger partial charge in [-0.3, -0.25) is 4.79 Å². The molecule has 0 saturated carbocycles. The van der Waals surface area contributed by atoms with E-state index >= 15 is 0 Å². The number of rotatable bonds is 5. The third-order valence-corrected chi connectivity index (χ3v) is 4.01. The van der Waals surface area contributed by atoms with Crippen LogP contribution in [-0.4, -0.2) is 43.3 Å². The van der Waals surface area contributed by atoms with Gasteiger partial charge in [0.25, 0.3) is 0 Å². The number of hydrogen-bond acceptors (Lipinski definition) is 6. The van der Waals surface area contributed by atoms with Gasteiger partial charge in [-0.25, -0.2) is 9.78 Å². The van der Waals surface area contributed by atoms with Crippen LogP contribution in [0.5, 0.6) is 0 Å². The fourth-order valence-corrected chi connectivity index (χ4v) is 2.56. The van der Waals surface area contributed by atoms with Gasteiger partial charge >= 0.3 is 12.1 Å². The number of carbonyl (C=O) groups is 2. The number of benzene rings is 1. The summed E-state index contributed by atoms with van der Waals surface area (Å²) in [4.78, 5) is 31.8. The molecule has 2 aromatic heterocycles. The first kappa shape index (κ1) is 23.9. The Bertz CT molecular complexity index is 1040. The van der Waals surface area contributed by atoms with Crippen molar-refractivity contribution in [2.75, 3.05) is 0 Å². The number of aliphatic carboxylic acids is 1. The summed E-state index contributed by atoms with van der Waals surface area (Å²) in [6.07, 6.45) is -1.35. The molecule has 0 aliphatic carbocycles. The minimum atomic E-state index is -5.08. The predicted molar refractivity (Wildman–Crippen MR) is 102 cm³/mol. The summed E-state index contributed by atoms with van der Waals surface area (Å²) >= 11 is 6.05. The van der Waals surface area contributed by atoms with Gasteiger partial charge in [0, 0.05) is 35.8 Å². The number of imidazole rings is 1. The number of nitrogens with zero attached hydrogens (tertiary/aromatic N) is 3. The third kappa shape index (κ3) is 7.10. The van der Waals surface area contributed by atoms with E-state index in [9.17, 15) is 18.0 Å². The van der Waals surface area contributed by atoms with Crippen LogP contribution in [0.2, 0.25) is 5.02 Å². The summed E-state index contributed by atoms with van der Waals surface area (Å²) in [6.45, 7) is 3.38. The molecule has 9 nitrogen and oxygen atoms in total. The number of carboxylic acids is 1. The van der Waals surface area contributed by atoms with E-state index in [0.29, 0.717) is 23.2 Å². The van der Waals surface area contributed by atoms with Gasteiger partial charge in [-0.2, -0.15) is 18.2 Å². The minimum absolute atomic E-state index is 0.182. The first-order valence-electron chi connectivity index (χ1n) is 8.62. The second kappa shape index (κ2) is 10.1. The molecule has 1 atom stereocenters. The number of alkyl halides is 3. The maximum Gasteiger partial charge on any atom is 0.490 e. The Morgan fingerprint density at radius 2 is 2.03 bits per heavy atom. The van der Waals surface area contributed by atoms with Crippen molar-refractivity contribution in [3.05, 3.63) is 52.9 Å². The monoisotopic (exact) mass is 459 g/mol. The average Bonchev–Trinajstić information content (AvgIpc) is 3.34. The zero-order chi connectivity index (χ0) is 23.2. The molecule has 1 amide bonds. The molecule has 31 heavy (non-hydrogen) atoms. The van der Waals surface area contributed by atoms with Crippen molar-refractivity contribution >= 4 is 23.5 Å². The topological polar surface area (TPSA) is 134 Å². The Labute approximate surface area is 178 Å². The van der Waals surface area contributed by atoms with E-state index in [1.54, 1.807) is 24.7 Å². The maximum absolute atomic E-state index is 11.5. The number of H-pyrrole nitrogens is 1. The fraction of sp³-hybridized carbons (Fsp3) is 0.278. The van der Waals surface area contributed by atoms with Crippen LogP contribution < -0.4 is 5.32 Å². The third-order valence-electron chi connectivity index (χ3n) is 3.78. The van der Waals surface area contributed by atoms with E-state index in [-0.39, 0.29) is 5.91 Å². The summed E-state index contributed by atoms with van der Waals surface area (Å²) in [5, 5.41) is 14.6. The Balaban J connectivity index is 0.000000423. The van der Waals surface area contributed by atoms with Crippen molar-refractivity contribution in [2.45, 2.75) is 32.5 Å². The number of halogens is 4. The lowest BCUT2D eigenvalue weighted by Crippen LogP contribution is -2.28. The molecule has 0 unspecified atom stereocenters. The molecule has 0 aliphatic rings. The van der Waals surface area contributed by atoms with Crippen LogP contribution in [0, 0.1) is 6.92 Å². The maximum atomic E-state index is 11.5. The number of nitrogens with one attached hydrogen (secondary N) is 2. The molecular formula is C18H17ClF3N5O4. The molecule has 3 N–H and O–H groups in total. The van der Waals surface area contributed by atoms with E-state index in [0.717, 1.165) is 16.8 Å². The van der Waals surface area contributed by atoms with Crippen LogP contribution in [0.3, 0.4) is 0 Å². The van der Waals surface area contributed by atoms with Crippen molar-refractivity contribution in [2.24, 2.45) is 0 Å². The van der Waals surface area contributed by atoms with Gasteiger partial charge in [0.2, 0.25) is 17.6 Å². The molecule has 0 bridgehead atoms. The Kier molecular flexibility index (Phi) is 7.75. The average molecular weight is 460 g/mol. The standard InChI is InChI=1S/C16H16ClN5O2.C2HF3O2/c1-9-3-4-11(17)5-13(9)15-21-16(24-22-15)14(20-10(2)23)6-12-7-18-8-19-12;3-2(4,5)1(6)7/h3-5,7-8,14H,6H2,1-2H3,(H,18,19)(H,20,23);(H,6,7)/t14-;/m0./s1. The second-order valence-electron chi connectivity index (χ2n) is 6.25. The molecule has 3 aromatic rings. The van der Waals surface area contributed by atoms with Crippen LogP contribution in [-0.2, 0) is 16.0 Å². The van der Waals surface area contributed by atoms with Crippen LogP contribution in [0.4, 0.5) is 13.2 Å². The molecule has 0 spiro atoms. The lowest BCUT2D eigenvalue weighted by Gasteiger charge is -2.12. The summed E-state index contributed by atoms with van der Waals surface area (Å²) in [6, 6.07) is 5.04. The van der Waals surface area contributed by atoms with Crippen LogP contribution in [0.1, 0.15) is 30.1 Å². The zero-order valence-electron chi connectivity index (χ0n) is 16.2. The summed E-state index contributed by atoms with van der Waals surface area (Å²) in [5.41, 5.74) is 2.63. The number of amides is 1. The zero-order valence-corrected chi connectivity index (χ0v) is 17.0. The van der Waals surface area contributed by atoms with Gasteiger partial charge < -0.3 is 19.9 Å². The number of carbonyl (C=O) groups excluding carboxylic acids is 1. The minimum Gasteiger partial charge on any atom is -0.475 e. The lowest BCUT2D eigenvalue weighted by atomic mass is 10.1. The normalized spacial score (nSPS) is 11.9. The highest BCUT2D eigenvalue weighted by Gasteiger charge is 2.38. The van der Waals surface area contributed by atoms with Crippen molar-refractivity contribution in [3.63, 3.8) is 0 Å². The van der Waals surface area contributed by atoms with E-state index in [2.05, 4.69) is 25.4 Å². The van der Waals surface area contributed by atoms with Crippen molar-refractivity contribution in [3.8, 4) is 11.4 Å². The number of aromatic amines is 1. The Hall–Kier alpha value is -3.41. The molecule has 0 radical (unpaired) electrons. The number of hydrogen-bond donors (Lipinski definition) is 3. The highest BCUT2D eigenvalue weighted by Crippen LogP contribution is 2.26. The van der Waals surface area contributed by atoms with Gasteiger partial charge in [0.05, 0.1) is 6.33 Å². The molecule has 13 heteroatoms. The van der Waals surface area contributed by atoms with Crippen molar-refractivity contribution in [1.29, 1.82) is 0 Å². The van der Waals surface area contributed by atoms with Gasteiger partial charge in [-0.05, 0) is 24.6 Å². The first-order chi connectivity index (χ1) is 14.5. The Morgan fingerprint density at radius 3 is 2.58 bits per heavy atom. The molecule has 0 aliphatic heterocycles. The van der Waals surface area contributed by atoms with E-state index in [1.165, 1.54) is 6.92 Å². The molecule has 1 aromatic carbocycles. The summed E-state index contributed by atoms with van der Waals surface area (Å²) in [5.74, 6) is -2.18. The molecule has 0 fully saturated rings. The van der Waals surface area contributed by atoms with Gasteiger partial charge in [0.15, 0.2) is 0 Å². The largest absolute Gasteiger partial charge is 0.490 e. The predicted octanol–water partition coefficient (Wildman–Crippen LogP) is 3.47. The molecule has 2 heterocycles. The number of aromatic nitrogens is 4. The first-order valence-corrected chi connectivity index (χ1v) is 8.99. The molecular weight excluding hydrogens is 443 g/mol. The van der Waals surface area contributed by atoms with E-state index in [4.69, 9.17) is 26.0 Å². The van der Waals surface area contributed by atoms with Crippen LogP contribution in [0.15, 0.2) is 35.2 Å². The number of aryl methyl sites for hydroxylation is 1. The smallest absolute Gasteiger partial charge is 0.475 e. The number of carboxylic acid groups (broad SMARTS) is 1. The van der Waals surface area contributed by atoms with Gasteiger partial charge in [0.1, 0.15) is 6.04 Å². The van der Waals surface area contributed by atoms with Gasteiger partial charge in [-0.15, -0.1) is 0 Å². The Morgan fingerprint density at radius 1 is 1.35 bits per heavy atom. The highest BCUT2D eigenvalue weighted by atomic mass is 35.5. The lowest BCUT2D eigenvalue weighted by molar-refractivity contribution is -0.192. The second-order valence-corrected chi connectivity index (χ2v) is 6.69. The van der Waals surface area contributed by atoms with Crippen molar-refractivity contribution < 1.29 is 32.4 Å². The van der Waals surface area contributed by atoms with Crippen LogP contribution >= 0.6 is 11.6 Å². The van der Waals surface area contributed by atoms with Crippen molar-refractivity contribution in [1.82, 2.24) is 25.4 Å².